The topological polar surface area (TPSA) is 90.2 Å². The van der Waals surface area contributed by atoms with Crippen molar-refractivity contribution in [3.63, 3.8) is 0 Å². The van der Waals surface area contributed by atoms with Crippen molar-refractivity contribution in [3.8, 4) is 0 Å². The van der Waals surface area contributed by atoms with Crippen LogP contribution in [-0.4, -0.2) is 89.5 Å². The van der Waals surface area contributed by atoms with Crippen LogP contribution < -0.4 is 0 Å². The molecule has 0 aliphatic carbocycles. The molecule has 0 fully saturated rings. The van der Waals surface area contributed by atoms with Crippen molar-refractivity contribution >= 4 is 10.4 Å². The van der Waals surface area contributed by atoms with Crippen molar-refractivity contribution in [1.29, 1.82) is 0 Å². The zero-order valence-corrected chi connectivity index (χ0v) is 31.0. The van der Waals surface area contributed by atoms with E-state index in [4.69, 9.17) is 5.73 Å². The van der Waals surface area contributed by atoms with Crippen molar-refractivity contribution in [3.05, 3.63) is 17.9 Å². The molecule has 0 spiro atoms. The van der Waals surface area contributed by atoms with E-state index in [-0.39, 0.29) is 6.61 Å². The van der Waals surface area contributed by atoms with Gasteiger partial charge in [-0.05, 0) is 59.3 Å². The second-order valence-corrected chi connectivity index (χ2v) is 13.5. The zero-order chi connectivity index (χ0) is 33.2. The van der Waals surface area contributed by atoms with Crippen LogP contribution in [0.5, 0.6) is 0 Å². The molecule has 8 heteroatoms. The number of nitrogens with one attached hydrogen (secondary N) is 1. The molecule has 258 valence electrons. The average Bonchev–Trinajstić information content (AvgIpc) is 2.91. The molecule has 0 aromatic rings. The minimum atomic E-state index is -4.42. The fraction of sp³-hybridized carbons (Fsp3) is 0.941. The van der Waals surface area contributed by atoms with Gasteiger partial charge in [0.25, 0.3) is 0 Å². The van der Waals surface area contributed by atoms with Crippen LogP contribution in [0.2, 0.25) is 0 Å². The van der Waals surface area contributed by atoms with E-state index >= 15 is 0 Å². The lowest BCUT2D eigenvalue weighted by atomic mass is 10.1. The van der Waals surface area contributed by atoms with Crippen LogP contribution in [0.25, 0.3) is 5.73 Å². The molecule has 1 N–H and O–H groups in total. The molecule has 0 saturated heterocycles. The third-order valence-electron chi connectivity index (χ3n) is 7.32. The summed E-state index contributed by atoms with van der Waals surface area (Å²) in [6, 6.07) is 0. The molecule has 7 nitrogen and oxygen atoms in total. The van der Waals surface area contributed by atoms with E-state index < -0.39 is 10.4 Å². The van der Waals surface area contributed by atoms with Gasteiger partial charge in [-0.25, -0.2) is 8.42 Å². The van der Waals surface area contributed by atoms with Gasteiger partial charge in [-0.2, -0.15) is 6.54 Å². The summed E-state index contributed by atoms with van der Waals surface area (Å²) in [6.07, 6.45) is 26.1. The van der Waals surface area contributed by atoms with Crippen molar-refractivity contribution in [2.45, 2.75) is 144 Å². The molecule has 0 aliphatic heterocycles. The smallest absolute Gasteiger partial charge is 0.217 e. The Labute approximate surface area is 265 Å². The molecular weight excluding hydrogens is 546 g/mol. The quantitative estimate of drug-likeness (QED) is 0.0373. The first kappa shape index (κ1) is 48.4. The van der Waals surface area contributed by atoms with Crippen LogP contribution >= 0.6 is 0 Å². The lowest BCUT2D eigenvalue weighted by Gasteiger charge is -2.27. The monoisotopic (exact) mass is 624 g/mol. The van der Waals surface area contributed by atoms with Crippen LogP contribution in [0.15, 0.2) is 12.2 Å². The van der Waals surface area contributed by atoms with Gasteiger partial charge in [0.2, 0.25) is 10.4 Å². The van der Waals surface area contributed by atoms with E-state index in [0.29, 0.717) is 6.54 Å². The van der Waals surface area contributed by atoms with Gasteiger partial charge >= 0.3 is 0 Å². The summed E-state index contributed by atoms with van der Waals surface area (Å²) in [5.41, 5.74) is 7.07. The first-order valence-electron chi connectivity index (χ1n) is 17.3. The van der Waals surface area contributed by atoms with Gasteiger partial charge < -0.3 is 19.3 Å². The van der Waals surface area contributed by atoms with Gasteiger partial charge in [-0.3, -0.25) is 4.18 Å². The molecule has 0 radical (unpaired) electrons. The summed E-state index contributed by atoms with van der Waals surface area (Å²) in [6.45, 7) is 18.2. The van der Waals surface area contributed by atoms with Crippen molar-refractivity contribution in [2.75, 3.05) is 67.5 Å². The zero-order valence-electron chi connectivity index (χ0n) is 30.1. The lowest BCUT2D eigenvalue weighted by Crippen LogP contribution is -2.39. The van der Waals surface area contributed by atoms with Gasteiger partial charge in [0.15, 0.2) is 0 Å². The molecule has 0 bridgehead atoms. The van der Waals surface area contributed by atoms with Gasteiger partial charge in [0.1, 0.15) is 0 Å². The maximum atomic E-state index is 9.45. The SMILES string of the molecule is CCCCCCCC/C=C\CCCCCCCC[NH-].CCC[N+](C)(C)CC.CCC[N+](C)(C)CC.CCOS(=O)(=O)[O-]. The molecule has 0 aliphatic rings. The third-order valence-corrected chi connectivity index (χ3v) is 7.85. The predicted molar refractivity (Wildman–Crippen MR) is 186 cm³/mol. The predicted octanol–water partition coefficient (Wildman–Crippen LogP) is 9.54. The van der Waals surface area contributed by atoms with Crippen LogP contribution in [0.3, 0.4) is 0 Å². The Bertz CT molecular complexity index is 621. The summed E-state index contributed by atoms with van der Waals surface area (Å²) in [5.74, 6) is 0. The number of quaternary nitrogens is 2. The number of hydrogen-bond donors (Lipinski definition) is 0. The summed E-state index contributed by atoms with van der Waals surface area (Å²) >= 11 is 0. The van der Waals surface area contributed by atoms with Crippen LogP contribution in [0, 0.1) is 0 Å². The van der Waals surface area contributed by atoms with Gasteiger partial charge in [0.05, 0.1) is 61.0 Å². The Kier molecular flexibility index (Phi) is 40.3. The van der Waals surface area contributed by atoms with Crippen LogP contribution in [0.4, 0.5) is 0 Å². The fourth-order valence-corrected chi connectivity index (χ4v) is 4.33. The lowest BCUT2D eigenvalue weighted by molar-refractivity contribution is -0.888. The first-order valence-corrected chi connectivity index (χ1v) is 18.6. The molecule has 0 heterocycles. The average molecular weight is 624 g/mol. The summed E-state index contributed by atoms with van der Waals surface area (Å²) in [4.78, 5) is 0. The molecule has 42 heavy (non-hydrogen) atoms. The molecule has 0 saturated carbocycles. The van der Waals surface area contributed by atoms with Crippen molar-refractivity contribution in [2.24, 2.45) is 0 Å². The largest absolute Gasteiger partial charge is 0.726 e. The molecule has 0 rings (SSSR count). The van der Waals surface area contributed by atoms with Crippen molar-refractivity contribution < 1.29 is 26.1 Å². The number of rotatable bonds is 23. The number of nitrogens with zero attached hydrogens (tertiary/aromatic N) is 2. The number of hydrogen-bond acceptors (Lipinski definition) is 4. The van der Waals surface area contributed by atoms with E-state index in [2.05, 4.69) is 79.1 Å². The molecule has 0 aromatic carbocycles. The van der Waals surface area contributed by atoms with Crippen molar-refractivity contribution in [1.82, 2.24) is 0 Å². The van der Waals surface area contributed by atoms with E-state index in [9.17, 15) is 13.0 Å². The van der Waals surface area contributed by atoms with Crippen LogP contribution in [-0.2, 0) is 14.6 Å². The first-order chi connectivity index (χ1) is 19.7. The Morgan fingerprint density at radius 3 is 1.19 bits per heavy atom. The molecule has 0 aromatic heterocycles. The Hall–Kier alpha value is -0.510. The summed E-state index contributed by atoms with van der Waals surface area (Å²) < 4.78 is 34.3. The van der Waals surface area contributed by atoms with E-state index in [0.717, 1.165) is 15.4 Å². The van der Waals surface area contributed by atoms with Gasteiger partial charge in [-0.1, -0.05) is 97.1 Å². The maximum Gasteiger partial charge on any atom is 0.217 e. The number of unbranched alkanes of at least 4 members (excludes halogenated alkanes) is 12. The maximum absolute atomic E-state index is 9.45. The Morgan fingerprint density at radius 1 is 0.595 bits per heavy atom. The molecule has 0 unspecified atom stereocenters. The summed E-state index contributed by atoms with van der Waals surface area (Å²) in [7, 11) is 4.65. The minimum Gasteiger partial charge on any atom is -0.726 e. The highest BCUT2D eigenvalue weighted by Crippen LogP contribution is 2.09. The Balaban J connectivity index is -0.000000260. The second kappa shape index (κ2) is 35.0. The standard InChI is InChI=1S/C18H36N.2C7H18N.C2H6O4S/c1-2-3-4-5-6-7-8-9-10-11-12-13-14-15-16-17-18-19;2*1-5-7-8(3,4)6-2;1-2-6-7(3,4)5/h9-10,19H,2-8,11-18H2,1H3;2*5-7H2,1-4H3;2H2,1H3,(H,3,4,5)/q-1;2*+1;/p-1/b10-9-;;;. The highest BCUT2D eigenvalue weighted by molar-refractivity contribution is 7.80. The fourth-order valence-electron chi connectivity index (χ4n) is 4.04. The summed E-state index contributed by atoms with van der Waals surface area (Å²) in [5, 5.41) is 0. The highest BCUT2D eigenvalue weighted by Gasteiger charge is 2.08. The van der Waals surface area contributed by atoms with E-state index in [1.54, 1.807) is 0 Å². The van der Waals surface area contributed by atoms with E-state index in [1.165, 1.54) is 129 Å². The normalized spacial score (nSPS) is 11.7. The molecule has 0 atom stereocenters. The van der Waals surface area contributed by atoms with E-state index in [1.807, 2.05) is 0 Å². The third kappa shape index (κ3) is 52.2. The minimum absolute atomic E-state index is 0.0914. The van der Waals surface area contributed by atoms with Gasteiger partial charge in [-0.15, -0.1) is 0 Å². The highest BCUT2D eigenvalue weighted by atomic mass is 32.3. The Morgan fingerprint density at radius 2 is 0.952 bits per heavy atom. The molecular formula is C34H77N3O4S. The van der Waals surface area contributed by atoms with Crippen LogP contribution in [0.1, 0.15) is 144 Å². The van der Waals surface area contributed by atoms with Gasteiger partial charge in [0, 0.05) is 0 Å². The second-order valence-electron chi connectivity index (χ2n) is 12.5. The molecule has 0 amide bonds. The number of allylic oxidation sites excluding steroid dienone is 2.